The number of methoxy groups -OCH3 is 1. The maximum Gasteiger partial charge on any atom is 0.224 e. The molecule has 2 aliphatic rings. The summed E-state index contributed by atoms with van der Waals surface area (Å²) in [6.45, 7) is 3.24. The van der Waals surface area contributed by atoms with Crippen molar-refractivity contribution in [3.05, 3.63) is 47.5 Å². The number of morpholine rings is 1. The maximum absolute atomic E-state index is 12.8. The number of carbonyl (C=O) groups is 1. The van der Waals surface area contributed by atoms with E-state index in [0.29, 0.717) is 6.42 Å². The number of aryl methyl sites for hydroxylation is 1. The van der Waals surface area contributed by atoms with Gasteiger partial charge in [-0.15, -0.1) is 0 Å². The Morgan fingerprint density at radius 3 is 2.97 bits per heavy atom. The van der Waals surface area contributed by atoms with Crippen LogP contribution in [0.1, 0.15) is 36.3 Å². The monoisotopic (exact) mass is 437 g/mol. The molecule has 162 valence electrons. The first kappa shape index (κ1) is 20.3. The van der Waals surface area contributed by atoms with E-state index in [9.17, 15) is 4.79 Å². The number of aromatic nitrogens is 1. The Hall–Kier alpha value is -2.64. The Morgan fingerprint density at radius 2 is 2.13 bits per heavy atom. The number of thiazole rings is 1. The molecule has 1 aliphatic carbocycles. The summed E-state index contributed by atoms with van der Waals surface area (Å²) in [6, 6.07) is 12.2. The van der Waals surface area contributed by atoms with Crippen LogP contribution in [0, 0.1) is 0 Å². The van der Waals surface area contributed by atoms with Crippen LogP contribution >= 0.6 is 11.3 Å². The Kier molecular flexibility index (Phi) is 5.78. The molecule has 2 aromatic carbocycles. The van der Waals surface area contributed by atoms with Crippen molar-refractivity contribution in [1.29, 1.82) is 0 Å². The molecule has 1 N–H and O–H groups in total. The number of rotatable bonds is 5. The molecule has 1 fully saturated rings. The largest absolute Gasteiger partial charge is 0.497 e. The molecule has 2 heterocycles. The number of hydrogen-bond donors (Lipinski definition) is 1. The lowest BCUT2D eigenvalue weighted by atomic mass is 9.81. The summed E-state index contributed by atoms with van der Waals surface area (Å²) in [6.07, 6.45) is 3.70. The highest BCUT2D eigenvalue weighted by molar-refractivity contribution is 7.22. The third-order valence-corrected chi connectivity index (χ3v) is 7.24. The van der Waals surface area contributed by atoms with Crippen LogP contribution in [-0.2, 0) is 16.0 Å². The second-order valence-electron chi connectivity index (χ2n) is 8.18. The van der Waals surface area contributed by atoms with E-state index in [-0.39, 0.29) is 11.8 Å². The van der Waals surface area contributed by atoms with Gasteiger partial charge < -0.3 is 19.7 Å². The minimum absolute atomic E-state index is 0.0611. The van der Waals surface area contributed by atoms with E-state index in [1.165, 1.54) is 11.1 Å². The topological polar surface area (TPSA) is 63.7 Å². The van der Waals surface area contributed by atoms with E-state index in [2.05, 4.69) is 22.3 Å². The normalized spacial score (nSPS) is 18.6. The van der Waals surface area contributed by atoms with Gasteiger partial charge in [0.2, 0.25) is 5.91 Å². The Labute approximate surface area is 186 Å². The van der Waals surface area contributed by atoms with Gasteiger partial charge in [-0.2, -0.15) is 0 Å². The number of ether oxygens (including phenoxy) is 2. The molecule has 0 saturated carbocycles. The molecule has 31 heavy (non-hydrogen) atoms. The highest BCUT2D eigenvalue weighted by Gasteiger charge is 2.23. The molecule has 7 heteroatoms. The van der Waals surface area contributed by atoms with E-state index in [1.807, 2.05) is 24.3 Å². The predicted molar refractivity (Wildman–Crippen MR) is 125 cm³/mol. The van der Waals surface area contributed by atoms with Crippen LogP contribution in [0.15, 0.2) is 36.4 Å². The molecule has 1 aromatic heterocycles. The first-order valence-corrected chi connectivity index (χ1v) is 11.7. The molecule has 6 nitrogen and oxygen atoms in total. The number of nitrogens with zero attached hydrogens (tertiary/aromatic N) is 2. The van der Waals surface area contributed by atoms with Gasteiger partial charge in [-0.3, -0.25) is 4.79 Å². The van der Waals surface area contributed by atoms with Crippen LogP contribution in [0.3, 0.4) is 0 Å². The number of carbonyl (C=O) groups excluding carboxylic acids is 1. The van der Waals surface area contributed by atoms with Gasteiger partial charge >= 0.3 is 0 Å². The molecular formula is C24H27N3O3S. The van der Waals surface area contributed by atoms with Crippen molar-refractivity contribution >= 4 is 38.3 Å². The van der Waals surface area contributed by atoms with Crippen molar-refractivity contribution in [2.24, 2.45) is 0 Å². The van der Waals surface area contributed by atoms with Gasteiger partial charge in [-0.25, -0.2) is 4.98 Å². The van der Waals surface area contributed by atoms with Crippen LogP contribution in [0.4, 0.5) is 10.8 Å². The second kappa shape index (κ2) is 8.85. The average Bonchev–Trinajstić information content (AvgIpc) is 3.23. The summed E-state index contributed by atoms with van der Waals surface area (Å²) < 4.78 is 11.9. The molecule has 5 rings (SSSR count). The Balaban J connectivity index is 1.27. The fourth-order valence-corrected chi connectivity index (χ4v) is 5.60. The van der Waals surface area contributed by atoms with Gasteiger partial charge in [0.25, 0.3) is 0 Å². The first-order valence-electron chi connectivity index (χ1n) is 10.9. The fraction of sp³-hybridized carbons (Fsp3) is 0.417. The average molecular weight is 438 g/mol. The van der Waals surface area contributed by atoms with Crippen molar-refractivity contribution in [1.82, 2.24) is 4.98 Å². The van der Waals surface area contributed by atoms with Gasteiger partial charge in [0.1, 0.15) is 5.75 Å². The van der Waals surface area contributed by atoms with E-state index in [0.717, 1.165) is 72.4 Å². The van der Waals surface area contributed by atoms with Crippen molar-refractivity contribution in [3.63, 3.8) is 0 Å². The van der Waals surface area contributed by atoms with Gasteiger partial charge in [0.15, 0.2) is 5.13 Å². The van der Waals surface area contributed by atoms with Gasteiger partial charge in [0, 0.05) is 25.2 Å². The second-order valence-corrected chi connectivity index (χ2v) is 9.19. The molecule has 1 aliphatic heterocycles. The molecule has 0 bridgehead atoms. The SMILES string of the molecule is COc1ccc2c(c1)CCCC2CC(=O)Nc1ccc2nc(N3CCOCC3)sc2c1. The molecule has 0 spiro atoms. The lowest BCUT2D eigenvalue weighted by molar-refractivity contribution is -0.116. The van der Waals surface area contributed by atoms with Gasteiger partial charge in [-0.1, -0.05) is 17.4 Å². The summed E-state index contributed by atoms with van der Waals surface area (Å²) in [4.78, 5) is 19.9. The van der Waals surface area contributed by atoms with E-state index in [1.54, 1.807) is 18.4 Å². The summed E-state index contributed by atoms with van der Waals surface area (Å²) in [7, 11) is 1.69. The maximum atomic E-state index is 12.8. The smallest absolute Gasteiger partial charge is 0.224 e. The quantitative estimate of drug-likeness (QED) is 0.633. The minimum atomic E-state index is 0.0611. The van der Waals surface area contributed by atoms with Crippen molar-refractivity contribution in [2.75, 3.05) is 43.6 Å². The number of fused-ring (bicyclic) bond motifs is 2. The predicted octanol–water partition coefficient (Wildman–Crippen LogP) is 4.59. The third kappa shape index (κ3) is 4.38. The first-order chi connectivity index (χ1) is 15.2. The van der Waals surface area contributed by atoms with Gasteiger partial charge in [-0.05, 0) is 66.6 Å². The molecule has 1 atom stereocenters. The molecule has 0 radical (unpaired) electrons. The Bertz CT molecular complexity index is 1090. The van der Waals surface area contributed by atoms with Gasteiger partial charge in [0.05, 0.1) is 30.5 Å². The van der Waals surface area contributed by atoms with E-state index in [4.69, 9.17) is 14.5 Å². The minimum Gasteiger partial charge on any atom is -0.497 e. The number of nitrogens with one attached hydrogen (secondary N) is 1. The molecule has 1 saturated heterocycles. The summed E-state index contributed by atoms with van der Waals surface area (Å²) in [5.41, 5.74) is 4.40. The van der Waals surface area contributed by atoms with Crippen molar-refractivity contribution in [3.8, 4) is 5.75 Å². The van der Waals surface area contributed by atoms with Crippen molar-refractivity contribution < 1.29 is 14.3 Å². The number of anilines is 2. The van der Waals surface area contributed by atoms with E-state index < -0.39 is 0 Å². The summed E-state index contributed by atoms with van der Waals surface area (Å²) >= 11 is 1.67. The van der Waals surface area contributed by atoms with E-state index >= 15 is 0 Å². The lowest BCUT2D eigenvalue weighted by Gasteiger charge is -2.25. The molecule has 1 unspecified atom stereocenters. The highest BCUT2D eigenvalue weighted by Crippen LogP contribution is 2.36. The van der Waals surface area contributed by atoms with Crippen LogP contribution in [-0.4, -0.2) is 44.3 Å². The number of hydrogen-bond acceptors (Lipinski definition) is 6. The van der Waals surface area contributed by atoms with Crippen LogP contribution in [0.5, 0.6) is 5.75 Å². The molecular weight excluding hydrogens is 410 g/mol. The fourth-order valence-electron chi connectivity index (χ4n) is 4.55. The zero-order valence-electron chi connectivity index (χ0n) is 17.7. The zero-order valence-corrected chi connectivity index (χ0v) is 18.5. The van der Waals surface area contributed by atoms with Crippen molar-refractivity contribution in [2.45, 2.75) is 31.6 Å². The highest BCUT2D eigenvalue weighted by atomic mass is 32.1. The molecule has 1 amide bonds. The lowest BCUT2D eigenvalue weighted by Crippen LogP contribution is -2.36. The Morgan fingerprint density at radius 1 is 1.26 bits per heavy atom. The number of benzene rings is 2. The summed E-state index contributed by atoms with van der Waals surface area (Å²) in [5, 5.41) is 4.13. The standard InChI is InChI=1S/C24H27N3O3S/c1-29-19-6-7-20-16(13-19)3-2-4-17(20)14-23(28)25-18-5-8-21-22(15-18)31-24(26-21)27-9-11-30-12-10-27/h5-8,13,15,17H,2-4,9-12,14H2,1H3,(H,25,28). The summed E-state index contributed by atoms with van der Waals surface area (Å²) in [5.74, 6) is 1.21. The number of amides is 1. The van der Waals surface area contributed by atoms with Crippen LogP contribution in [0.25, 0.3) is 10.2 Å². The van der Waals surface area contributed by atoms with Crippen LogP contribution in [0.2, 0.25) is 0 Å². The third-order valence-electron chi connectivity index (χ3n) is 6.16. The molecule has 3 aromatic rings. The zero-order chi connectivity index (χ0) is 21.2. The van der Waals surface area contributed by atoms with Crippen LogP contribution < -0.4 is 15.0 Å².